The number of carboxylic acid groups (broad SMARTS) is 2. The number of aliphatic carboxylic acids is 2. The van der Waals surface area contributed by atoms with E-state index in [1.54, 1.807) is 20.8 Å². The maximum atomic E-state index is 13.0. The molecule has 0 aromatic carbocycles. The summed E-state index contributed by atoms with van der Waals surface area (Å²) in [6.07, 6.45) is -12.1. The number of hydrogen-bond acceptors (Lipinski definition) is 16. The predicted molar refractivity (Wildman–Crippen MR) is 164 cm³/mol. The van der Waals surface area contributed by atoms with Crippen molar-refractivity contribution in [2.45, 2.75) is 115 Å². The van der Waals surface area contributed by atoms with E-state index < -0.39 is 123 Å². The Kier molecular flexibility index (Phi) is 16.1. The van der Waals surface area contributed by atoms with Crippen LogP contribution in [-0.4, -0.2) is 104 Å². The molecule has 1 heterocycles. The van der Waals surface area contributed by atoms with Gasteiger partial charge in [-0.25, -0.2) is 8.37 Å². The van der Waals surface area contributed by atoms with Gasteiger partial charge in [-0.3, -0.25) is 13.9 Å². The third kappa shape index (κ3) is 9.42. The summed E-state index contributed by atoms with van der Waals surface area (Å²) in [5.74, 6) is -6.70. The van der Waals surface area contributed by atoms with Crippen LogP contribution in [0.4, 0.5) is 0 Å². The van der Waals surface area contributed by atoms with Gasteiger partial charge in [-0.15, -0.1) is 0 Å². The van der Waals surface area contributed by atoms with Crippen molar-refractivity contribution >= 4 is 38.7 Å². The Morgan fingerprint density at radius 1 is 0.925 bits per heavy atom. The zero-order valence-corrected chi connectivity index (χ0v) is 38.1. The van der Waals surface area contributed by atoms with E-state index in [0.717, 1.165) is 0 Å². The van der Waals surface area contributed by atoms with Gasteiger partial charge in [0.15, 0.2) is 18.5 Å². The Morgan fingerprint density at radius 3 is 2.04 bits per heavy atom. The van der Waals surface area contributed by atoms with Crippen molar-refractivity contribution in [3.63, 3.8) is 0 Å². The number of aliphatic hydroxyl groups is 2. The average Bonchev–Trinajstić information content (AvgIpc) is 3.16. The molecule has 4 saturated carbocycles. The Balaban J connectivity index is 0.00000378. The van der Waals surface area contributed by atoms with Crippen LogP contribution in [0.2, 0.25) is 0 Å². The van der Waals surface area contributed by atoms with Crippen LogP contribution < -0.4 is 113 Å². The first-order valence-electron chi connectivity index (χ1n) is 16.7. The zero-order chi connectivity index (χ0) is 38.1. The monoisotopic (exact) mass is 846 g/mol. The first kappa shape index (κ1) is 48.4. The fourth-order valence-corrected chi connectivity index (χ4v) is 11.2. The third-order valence-electron chi connectivity index (χ3n) is 12.0. The minimum Gasteiger partial charge on any atom is -0.549 e. The molecule has 290 valence electrons. The molecular weight excluding hydrogens is 803 g/mol. The van der Waals surface area contributed by atoms with Crippen LogP contribution in [0.25, 0.3) is 0 Å². The Bertz CT molecular complexity index is 1630. The van der Waals surface area contributed by atoms with Gasteiger partial charge in [0, 0.05) is 11.8 Å². The summed E-state index contributed by atoms with van der Waals surface area (Å²) in [4.78, 5) is 38.9. The molecule has 0 amide bonds. The zero-order valence-electron chi connectivity index (χ0n) is 30.2. The maximum Gasteiger partial charge on any atom is 1.00 e. The van der Waals surface area contributed by atoms with E-state index >= 15 is 0 Å². The van der Waals surface area contributed by atoms with Crippen LogP contribution >= 0.6 is 0 Å². The quantitative estimate of drug-likeness (QED) is 0.0354. The van der Waals surface area contributed by atoms with Gasteiger partial charge in [0.2, 0.25) is 0 Å². The van der Waals surface area contributed by atoms with E-state index in [2.05, 4.69) is 14.9 Å². The molecule has 5 aliphatic rings. The number of esters is 1. The molecule has 1 saturated heterocycles. The maximum absolute atomic E-state index is 13.0. The number of carbonyl (C=O) groups is 3. The second-order valence-corrected chi connectivity index (χ2v) is 17.4. The summed E-state index contributed by atoms with van der Waals surface area (Å²) < 4.78 is 93.2. The molecular formula is C31H44K2O18S2. The standard InChI is InChI=1S/C31H46O18S2.2K/c1-14(2)9-21(33)47-24-23(49-51(42,43)44)22(48-50(39,40)41)18(13-32)46-26(24)45-17-11-29(4)19-6-5-16-10-30(19,25(34)15(16)3)8-7-20(29)31(12-17,27(35)36)28(37)38;;/h14,16-20,22-26,32,34H,3,5-13H2,1-2,4H3,(H,35,36)(H,37,38)(H,39,40,41)(H,42,43,44);;/q;2*+1/p-2/t16-,17+,18+,19+,20+,22+,23-,24+,25+,26+,29+,30-;;/m1../s1. The van der Waals surface area contributed by atoms with Gasteiger partial charge in [-0.2, -0.15) is 16.8 Å². The molecule has 0 aromatic rings. The van der Waals surface area contributed by atoms with Crippen molar-refractivity contribution in [3.05, 3.63) is 12.2 Å². The van der Waals surface area contributed by atoms with E-state index in [0.29, 0.717) is 31.3 Å². The molecule has 4 aliphatic carbocycles. The molecule has 12 atom stereocenters. The van der Waals surface area contributed by atoms with Gasteiger partial charge in [-0.1, -0.05) is 27.4 Å². The molecule has 1 aliphatic heterocycles. The van der Waals surface area contributed by atoms with Crippen LogP contribution in [-0.2, 0) is 57.8 Å². The second kappa shape index (κ2) is 17.7. The summed E-state index contributed by atoms with van der Waals surface area (Å²) in [5.41, 5.74) is -3.89. The third-order valence-corrected chi connectivity index (χ3v) is 12.9. The van der Waals surface area contributed by atoms with Crippen molar-refractivity contribution in [1.29, 1.82) is 0 Å². The number of hydrogen-bond donors (Lipinski definition) is 4. The van der Waals surface area contributed by atoms with Gasteiger partial charge in [0.05, 0.1) is 36.2 Å². The number of carboxylic acids is 2. The molecule has 1 spiro atoms. The number of aliphatic hydroxyl groups excluding tert-OH is 2. The predicted octanol–water partition coefficient (Wildman–Crippen LogP) is -7.54. The SMILES string of the molecule is C=C1[C@@H]2CC[C@H]3[C@]4(C)C[C@H](O[C@H]5O[C@@H](CO)[C@H](OS(=O)(=O)O)[C@@H](OS(=O)(=O)O)[C@@H]5OC(=O)CC(C)C)CC(C(=O)[O-])(C(=O)[O-])[C@H]4CC[C@]3(C2)[C@H]1O.[K+].[K+]. The molecule has 22 heteroatoms. The number of rotatable bonds is 12. The molecule has 4 N–H and O–H groups in total. The molecule has 18 nitrogen and oxygen atoms in total. The summed E-state index contributed by atoms with van der Waals surface area (Å²) in [6, 6.07) is 0. The number of fused-ring (bicyclic) bond motifs is 3. The van der Waals surface area contributed by atoms with E-state index in [-0.39, 0.29) is 134 Å². The van der Waals surface area contributed by atoms with E-state index in [9.17, 15) is 60.8 Å². The van der Waals surface area contributed by atoms with Crippen molar-refractivity contribution in [2.24, 2.45) is 39.9 Å². The van der Waals surface area contributed by atoms with Gasteiger partial charge in [-0.05, 0) is 79.6 Å². The van der Waals surface area contributed by atoms with Crippen LogP contribution in [0.15, 0.2) is 12.2 Å². The summed E-state index contributed by atoms with van der Waals surface area (Å²) in [5, 5.41) is 47.6. The fourth-order valence-electron chi connectivity index (χ4n) is 10.2. The molecule has 2 bridgehead atoms. The van der Waals surface area contributed by atoms with E-state index in [1.807, 2.05) is 0 Å². The first-order chi connectivity index (χ1) is 23.5. The fraction of sp³-hybridized carbons (Fsp3) is 0.839. The van der Waals surface area contributed by atoms with Gasteiger partial charge in [0.25, 0.3) is 0 Å². The van der Waals surface area contributed by atoms with Crippen LogP contribution in [0.3, 0.4) is 0 Å². The number of carbonyl (C=O) groups excluding carboxylic acids is 3. The molecule has 0 aromatic heterocycles. The van der Waals surface area contributed by atoms with Crippen LogP contribution in [0, 0.1) is 39.9 Å². The van der Waals surface area contributed by atoms with Gasteiger partial charge >= 0.3 is 130 Å². The normalized spacial score (nSPS) is 39.1. The van der Waals surface area contributed by atoms with E-state index in [4.69, 9.17) is 14.2 Å². The molecule has 0 unspecified atom stereocenters. The van der Waals surface area contributed by atoms with Crippen molar-refractivity contribution in [1.82, 2.24) is 0 Å². The minimum absolute atomic E-state index is 0. The Morgan fingerprint density at radius 2 is 1.51 bits per heavy atom. The smallest absolute Gasteiger partial charge is 0.549 e. The van der Waals surface area contributed by atoms with Crippen molar-refractivity contribution in [3.8, 4) is 0 Å². The summed E-state index contributed by atoms with van der Waals surface area (Å²) in [7, 11) is -11.0. The van der Waals surface area contributed by atoms with Crippen LogP contribution in [0.1, 0.15) is 72.1 Å². The number of ether oxygens (including phenoxy) is 3. The minimum atomic E-state index is -5.53. The molecule has 5 fully saturated rings. The average molecular weight is 847 g/mol. The molecule has 0 radical (unpaired) electrons. The van der Waals surface area contributed by atoms with Gasteiger partial charge in [0.1, 0.15) is 12.2 Å². The Labute approximate surface area is 393 Å². The second-order valence-electron chi connectivity index (χ2n) is 15.3. The topological polar surface area (TPSA) is 293 Å². The molecule has 53 heavy (non-hydrogen) atoms. The van der Waals surface area contributed by atoms with Crippen LogP contribution in [0.5, 0.6) is 0 Å². The largest absolute Gasteiger partial charge is 1.00 e. The van der Waals surface area contributed by atoms with Crippen molar-refractivity contribution < 1.29 is 186 Å². The van der Waals surface area contributed by atoms with Gasteiger partial charge < -0.3 is 44.2 Å². The Hall–Kier alpha value is 1.00. The summed E-state index contributed by atoms with van der Waals surface area (Å²) in [6.45, 7) is 7.91. The molecule has 5 rings (SSSR count). The van der Waals surface area contributed by atoms with Crippen molar-refractivity contribution in [2.75, 3.05) is 6.61 Å². The van der Waals surface area contributed by atoms with E-state index in [1.165, 1.54) is 0 Å². The first-order valence-corrected chi connectivity index (χ1v) is 19.4. The summed E-state index contributed by atoms with van der Waals surface area (Å²) >= 11 is 0.